The first-order valence-corrected chi connectivity index (χ1v) is 6.36. The molecule has 0 aromatic heterocycles. The molecule has 0 spiro atoms. The SMILES string of the molecule is CCC(CC)[SiH2]CCCN. The van der Waals surface area contributed by atoms with Gasteiger partial charge in [0, 0.05) is 9.52 Å². The maximum absolute atomic E-state index is 5.42. The van der Waals surface area contributed by atoms with Crippen LogP contribution in [-0.2, 0) is 0 Å². The van der Waals surface area contributed by atoms with Gasteiger partial charge in [-0.3, -0.25) is 0 Å². The summed E-state index contributed by atoms with van der Waals surface area (Å²) in [5, 5.41) is 0. The Morgan fingerprint density at radius 2 is 1.90 bits per heavy atom. The van der Waals surface area contributed by atoms with Crippen LogP contribution in [-0.4, -0.2) is 16.1 Å². The summed E-state index contributed by atoms with van der Waals surface area (Å²) in [4.78, 5) is 0. The fraction of sp³-hybridized carbons (Fsp3) is 1.00. The molecule has 2 heteroatoms. The maximum atomic E-state index is 5.42. The predicted molar refractivity (Wildman–Crippen MR) is 51.4 cm³/mol. The van der Waals surface area contributed by atoms with Crippen molar-refractivity contribution in [1.82, 2.24) is 0 Å². The average molecular weight is 159 g/mol. The number of hydrogen-bond donors (Lipinski definition) is 1. The number of nitrogens with two attached hydrogens (primary N) is 1. The molecule has 0 radical (unpaired) electrons. The molecular weight excluding hydrogens is 138 g/mol. The van der Waals surface area contributed by atoms with Crippen molar-refractivity contribution >= 4 is 9.52 Å². The fourth-order valence-corrected chi connectivity index (χ4v) is 3.25. The predicted octanol–water partition coefficient (Wildman–Crippen LogP) is 1.53. The lowest BCUT2D eigenvalue weighted by Crippen LogP contribution is -2.05. The molecule has 0 bridgehead atoms. The van der Waals surface area contributed by atoms with E-state index in [1.807, 2.05) is 0 Å². The number of hydrogen-bond acceptors (Lipinski definition) is 1. The quantitative estimate of drug-likeness (QED) is 0.462. The molecule has 0 unspecified atom stereocenters. The van der Waals surface area contributed by atoms with Crippen LogP contribution in [0.1, 0.15) is 33.1 Å². The molecule has 0 aliphatic heterocycles. The van der Waals surface area contributed by atoms with Crippen molar-refractivity contribution in [3.05, 3.63) is 0 Å². The second kappa shape index (κ2) is 7.29. The molecule has 1 nitrogen and oxygen atoms in total. The zero-order valence-corrected chi connectivity index (χ0v) is 8.81. The zero-order chi connectivity index (χ0) is 7.82. The van der Waals surface area contributed by atoms with E-state index in [4.69, 9.17) is 5.73 Å². The van der Waals surface area contributed by atoms with Crippen LogP contribution in [0, 0.1) is 0 Å². The lowest BCUT2D eigenvalue weighted by Gasteiger charge is -2.09. The molecule has 0 saturated heterocycles. The molecule has 10 heavy (non-hydrogen) atoms. The van der Waals surface area contributed by atoms with Crippen LogP contribution >= 0.6 is 0 Å². The highest BCUT2D eigenvalue weighted by molar-refractivity contribution is 6.37. The summed E-state index contributed by atoms with van der Waals surface area (Å²) in [6.07, 6.45) is 4.06. The monoisotopic (exact) mass is 159 g/mol. The molecule has 62 valence electrons. The lowest BCUT2D eigenvalue weighted by molar-refractivity contribution is 0.750. The third-order valence-electron chi connectivity index (χ3n) is 2.22. The van der Waals surface area contributed by atoms with Crippen molar-refractivity contribution in [2.75, 3.05) is 6.54 Å². The summed E-state index contributed by atoms with van der Waals surface area (Å²) >= 11 is 0. The Bertz CT molecular complexity index is 62.3. The number of rotatable bonds is 6. The molecule has 0 aromatic rings. The molecule has 0 fully saturated rings. The van der Waals surface area contributed by atoms with Crippen LogP contribution in [0.15, 0.2) is 0 Å². The van der Waals surface area contributed by atoms with E-state index in [0.717, 1.165) is 12.1 Å². The third kappa shape index (κ3) is 5.00. The van der Waals surface area contributed by atoms with E-state index >= 15 is 0 Å². The highest BCUT2D eigenvalue weighted by Gasteiger charge is 2.01. The van der Waals surface area contributed by atoms with Gasteiger partial charge in [0.2, 0.25) is 0 Å². The Labute approximate surface area is 67.2 Å². The highest BCUT2D eigenvalue weighted by atomic mass is 28.2. The summed E-state index contributed by atoms with van der Waals surface area (Å²) in [6, 6.07) is 1.46. The van der Waals surface area contributed by atoms with Gasteiger partial charge in [0.15, 0.2) is 0 Å². The molecule has 2 N–H and O–H groups in total. The first kappa shape index (κ1) is 10.2. The Balaban J connectivity index is 3.09. The van der Waals surface area contributed by atoms with Gasteiger partial charge in [-0.1, -0.05) is 38.3 Å². The van der Waals surface area contributed by atoms with Crippen molar-refractivity contribution in [3.8, 4) is 0 Å². The molecule has 0 saturated carbocycles. The van der Waals surface area contributed by atoms with E-state index in [1.54, 1.807) is 0 Å². The second-order valence-corrected chi connectivity index (χ2v) is 5.41. The molecule has 0 aromatic carbocycles. The van der Waals surface area contributed by atoms with Crippen molar-refractivity contribution in [2.24, 2.45) is 5.73 Å². The lowest BCUT2D eigenvalue weighted by atomic mass is 10.3. The summed E-state index contributed by atoms with van der Waals surface area (Å²) in [5.41, 5.74) is 6.51. The smallest absolute Gasteiger partial charge is 0.0232 e. The minimum Gasteiger partial charge on any atom is -0.330 e. The van der Waals surface area contributed by atoms with Gasteiger partial charge in [-0.15, -0.1) is 0 Å². The third-order valence-corrected chi connectivity index (χ3v) is 5.10. The maximum Gasteiger partial charge on any atom is 0.0232 e. The van der Waals surface area contributed by atoms with Crippen molar-refractivity contribution in [3.63, 3.8) is 0 Å². The van der Waals surface area contributed by atoms with Crippen LogP contribution < -0.4 is 5.73 Å². The molecule has 0 aliphatic rings. The summed E-state index contributed by atoms with van der Waals surface area (Å²) < 4.78 is 0. The first-order chi connectivity index (χ1) is 4.85. The molecule has 0 amide bonds. The van der Waals surface area contributed by atoms with Crippen molar-refractivity contribution < 1.29 is 0 Å². The van der Waals surface area contributed by atoms with E-state index in [-0.39, 0.29) is 9.52 Å². The fourth-order valence-electron chi connectivity index (χ4n) is 1.27. The Hall–Kier alpha value is 0.177. The summed E-state index contributed by atoms with van der Waals surface area (Å²) in [7, 11) is 0.234. The zero-order valence-electron chi connectivity index (χ0n) is 7.40. The van der Waals surface area contributed by atoms with Gasteiger partial charge in [-0.25, -0.2) is 0 Å². The molecular formula is C8H21NSi. The Morgan fingerprint density at radius 3 is 2.30 bits per heavy atom. The summed E-state index contributed by atoms with van der Waals surface area (Å²) in [6.45, 7) is 5.51. The minimum atomic E-state index is 0.234. The van der Waals surface area contributed by atoms with Gasteiger partial charge >= 0.3 is 0 Å². The van der Waals surface area contributed by atoms with Gasteiger partial charge in [0.05, 0.1) is 0 Å². The van der Waals surface area contributed by atoms with E-state index in [9.17, 15) is 0 Å². The molecule has 0 aliphatic carbocycles. The second-order valence-electron chi connectivity index (χ2n) is 2.97. The first-order valence-electron chi connectivity index (χ1n) is 4.55. The Morgan fingerprint density at radius 1 is 1.30 bits per heavy atom. The van der Waals surface area contributed by atoms with Gasteiger partial charge in [0.25, 0.3) is 0 Å². The van der Waals surface area contributed by atoms with E-state index in [2.05, 4.69) is 13.8 Å². The van der Waals surface area contributed by atoms with E-state index in [1.165, 1.54) is 25.3 Å². The van der Waals surface area contributed by atoms with Gasteiger partial charge in [-0.2, -0.15) is 0 Å². The Kier molecular flexibility index (Phi) is 7.41. The van der Waals surface area contributed by atoms with Crippen LogP contribution in [0.3, 0.4) is 0 Å². The van der Waals surface area contributed by atoms with Gasteiger partial charge in [0.1, 0.15) is 0 Å². The average Bonchev–Trinajstić information content (AvgIpc) is 1.99. The van der Waals surface area contributed by atoms with Crippen molar-refractivity contribution in [1.29, 1.82) is 0 Å². The van der Waals surface area contributed by atoms with Crippen molar-refractivity contribution in [2.45, 2.75) is 44.7 Å². The van der Waals surface area contributed by atoms with Crippen LogP contribution in [0.4, 0.5) is 0 Å². The van der Waals surface area contributed by atoms with E-state index in [0.29, 0.717) is 0 Å². The standard InChI is InChI=1S/C8H21NSi/c1-3-8(4-2)10-7-5-6-9/h8H,3-7,9-10H2,1-2H3. The van der Waals surface area contributed by atoms with Crippen LogP contribution in [0.2, 0.25) is 11.6 Å². The molecule has 0 rings (SSSR count). The van der Waals surface area contributed by atoms with Gasteiger partial charge < -0.3 is 5.73 Å². The highest BCUT2D eigenvalue weighted by Crippen LogP contribution is 2.14. The van der Waals surface area contributed by atoms with Gasteiger partial charge in [-0.05, 0) is 13.0 Å². The normalized spacial score (nSPS) is 12.0. The topological polar surface area (TPSA) is 26.0 Å². The molecule has 0 atom stereocenters. The minimum absolute atomic E-state index is 0.234. The van der Waals surface area contributed by atoms with Crippen LogP contribution in [0.5, 0.6) is 0 Å². The van der Waals surface area contributed by atoms with E-state index < -0.39 is 0 Å². The summed E-state index contributed by atoms with van der Waals surface area (Å²) in [5.74, 6) is 0. The van der Waals surface area contributed by atoms with Crippen LogP contribution in [0.25, 0.3) is 0 Å². The molecule has 0 heterocycles. The largest absolute Gasteiger partial charge is 0.330 e.